The summed E-state index contributed by atoms with van der Waals surface area (Å²) in [5, 5.41) is 39.5. The van der Waals surface area contributed by atoms with Crippen LogP contribution in [-0.2, 0) is 22.4 Å². The molecule has 2 aliphatic rings. The van der Waals surface area contributed by atoms with E-state index in [-0.39, 0.29) is 0 Å². The van der Waals surface area contributed by atoms with E-state index in [4.69, 9.17) is 9.47 Å². The lowest BCUT2D eigenvalue weighted by Gasteiger charge is -2.38. The first kappa shape index (κ1) is 24.4. The third-order valence-electron chi connectivity index (χ3n) is 6.34. The van der Waals surface area contributed by atoms with Crippen LogP contribution in [0.3, 0.4) is 0 Å². The first-order valence-corrected chi connectivity index (χ1v) is 11.5. The Kier molecular flexibility index (Phi) is 7.39. The van der Waals surface area contributed by atoms with Gasteiger partial charge in [-0.25, -0.2) is 4.79 Å². The zero-order valence-corrected chi connectivity index (χ0v) is 19.4. The second-order valence-electron chi connectivity index (χ2n) is 9.08. The molecule has 3 unspecified atom stereocenters. The molecule has 34 heavy (non-hydrogen) atoms. The van der Waals surface area contributed by atoms with Crippen molar-refractivity contribution in [2.75, 3.05) is 32.1 Å². The smallest absolute Gasteiger partial charge is 0.335 e. The molecule has 0 spiro atoms. The monoisotopic (exact) mass is 472 g/mol. The van der Waals surface area contributed by atoms with Crippen molar-refractivity contribution in [3.63, 3.8) is 0 Å². The van der Waals surface area contributed by atoms with Crippen LogP contribution in [0.1, 0.15) is 17.5 Å². The van der Waals surface area contributed by atoms with Crippen molar-refractivity contribution in [2.45, 2.75) is 50.0 Å². The van der Waals surface area contributed by atoms with Gasteiger partial charge in [0.15, 0.2) is 6.10 Å². The maximum Gasteiger partial charge on any atom is 0.335 e. The summed E-state index contributed by atoms with van der Waals surface area (Å²) in [5.74, 6) is -1.06. The van der Waals surface area contributed by atoms with Gasteiger partial charge in [-0.1, -0.05) is 18.2 Å². The largest absolute Gasteiger partial charge is 0.479 e. The number of aliphatic hydroxyl groups is 3. The average molecular weight is 473 g/mol. The summed E-state index contributed by atoms with van der Waals surface area (Å²) in [7, 11) is 4.11. The van der Waals surface area contributed by atoms with Gasteiger partial charge in [-0.15, -0.1) is 0 Å². The van der Waals surface area contributed by atoms with E-state index in [0.29, 0.717) is 5.75 Å². The number of rotatable bonds is 7. The molecule has 4 rings (SSSR count). The van der Waals surface area contributed by atoms with Crippen molar-refractivity contribution >= 4 is 17.3 Å². The molecule has 0 amide bonds. The van der Waals surface area contributed by atoms with Gasteiger partial charge in [0.25, 0.3) is 0 Å². The normalized spacial score (nSPS) is 26.5. The molecule has 1 saturated heterocycles. The molecule has 2 heterocycles. The van der Waals surface area contributed by atoms with Crippen molar-refractivity contribution in [1.29, 1.82) is 0 Å². The Balaban J connectivity index is 1.59. The molecule has 0 aromatic heterocycles. The van der Waals surface area contributed by atoms with Gasteiger partial charge in [0, 0.05) is 17.9 Å². The second-order valence-corrected chi connectivity index (χ2v) is 9.08. The Morgan fingerprint density at radius 3 is 2.47 bits per heavy atom. The zero-order chi connectivity index (χ0) is 24.4. The number of nitrogens with zero attached hydrogens (tertiary/aromatic N) is 2. The number of aliphatic hydroxyl groups excluding tert-OH is 3. The highest BCUT2D eigenvalue weighted by molar-refractivity contribution is 5.73. The summed E-state index contributed by atoms with van der Waals surface area (Å²) in [6, 6.07) is 13.9. The molecule has 2 aromatic carbocycles. The molecule has 0 aliphatic carbocycles. The van der Waals surface area contributed by atoms with Gasteiger partial charge in [0.1, 0.15) is 24.1 Å². The van der Waals surface area contributed by atoms with Crippen LogP contribution in [0.15, 0.2) is 42.5 Å². The van der Waals surface area contributed by atoms with Crippen LogP contribution < -0.4 is 9.64 Å². The van der Waals surface area contributed by atoms with E-state index in [9.17, 15) is 25.2 Å². The second kappa shape index (κ2) is 10.3. The quantitative estimate of drug-likeness (QED) is 0.470. The lowest BCUT2D eigenvalue weighted by molar-refractivity contribution is -0.271. The number of carbonyl (C=O) groups is 1. The highest BCUT2D eigenvalue weighted by atomic mass is 16.7. The highest BCUT2D eigenvalue weighted by Gasteiger charge is 2.48. The topological polar surface area (TPSA) is 123 Å². The molecule has 9 heteroatoms. The third-order valence-corrected chi connectivity index (χ3v) is 6.34. The SMILES string of the molecule is CN(C)CCCN1c2ccccc2CCc2cc(O[C@H]3OC(C(=O)O)[C@H](O)C(O)C3O)ccc21. The van der Waals surface area contributed by atoms with Crippen LogP contribution in [0.25, 0.3) is 0 Å². The van der Waals surface area contributed by atoms with Crippen molar-refractivity contribution in [1.82, 2.24) is 4.90 Å². The number of aliphatic carboxylic acids is 1. The molecule has 4 N–H and O–H groups in total. The van der Waals surface area contributed by atoms with E-state index in [0.717, 1.165) is 43.6 Å². The Morgan fingerprint density at radius 1 is 1.03 bits per heavy atom. The zero-order valence-electron chi connectivity index (χ0n) is 19.4. The summed E-state index contributed by atoms with van der Waals surface area (Å²) in [6.07, 6.45) is -5.58. The first-order chi connectivity index (χ1) is 16.3. The maximum atomic E-state index is 11.4. The number of anilines is 2. The van der Waals surface area contributed by atoms with E-state index >= 15 is 0 Å². The number of benzene rings is 2. The Bertz CT molecular complexity index is 1010. The molecule has 184 valence electrons. The number of hydrogen-bond donors (Lipinski definition) is 4. The van der Waals surface area contributed by atoms with Crippen LogP contribution in [-0.4, -0.2) is 89.2 Å². The number of carboxylic acid groups (broad SMARTS) is 1. The summed E-state index contributed by atoms with van der Waals surface area (Å²) in [4.78, 5) is 15.9. The summed E-state index contributed by atoms with van der Waals surface area (Å²) in [6.45, 7) is 1.81. The van der Waals surface area contributed by atoms with Crippen molar-refractivity contribution < 1.29 is 34.7 Å². The van der Waals surface area contributed by atoms with E-state index in [1.54, 1.807) is 6.07 Å². The fraction of sp³-hybridized carbons (Fsp3) is 0.480. The van der Waals surface area contributed by atoms with Crippen LogP contribution in [0, 0.1) is 0 Å². The van der Waals surface area contributed by atoms with Gasteiger partial charge in [-0.3, -0.25) is 0 Å². The van der Waals surface area contributed by atoms with E-state index in [1.165, 1.54) is 11.3 Å². The molecule has 0 saturated carbocycles. The Labute approximate surface area is 198 Å². The Morgan fingerprint density at radius 2 is 1.74 bits per heavy atom. The van der Waals surface area contributed by atoms with Crippen LogP contribution >= 0.6 is 0 Å². The number of aryl methyl sites for hydroxylation is 2. The molecule has 2 aromatic rings. The summed E-state index contributed by atoms with van der Waals surface area (Å²) >= 11 is 0. The molecule has 0 radical (unpaired) electrons. The molecule has 9 nitrogen and oxygen atoms in total. The average Bonchev–Trinajstić information content (AvgIpc) is 2.96. The van der Waals surface area contributed by atoms with Crippen LogP contribution in [0.5, 0.6) is 5.75 Å². The predicted octanol–water partition coefficient (Wildman–Crippen LogP) is 1.15. The number of fused-ring (bicyclic) bond motifs is 2. The van der Waals surface area contributed by atoms with E-state index in [2.05, 4.69) is 36.0 Å². The lowest BCUT2D eigenvalue weighted by Crippen LogP contribution is -2.61. The van der Waals surface area contributed by atoms with E-state index < -0.39 is 36.7 Å². The van der Waals surface area contributed by atoms with Crippen molar-refractivity contribution in [3.05, 3.63) is 53.6 Å². The third kappa shape index (κ3) is 5.03. The molecule has 5 atom stereocenters. The number of hydrogen-bond acceptors (Lipinski definition) is 8. The van der Waals surface area contributed by atoms with Crippen molar-refractivity contribution in [2.24, 2.45) is 0 Å². The highest BCUT2D eigenvalue weighted by Crippen LogP contribution is 2.38. The van der Waals surface area contributed by atoms with Gasteiger partial charge < -0.3 is 39.7 Å². The molecular formula is C25H32N2O7. The van der Waals surface area contributed by atoms with Gasteiger partial charge in [-0.2, -0.15) is 0 Å². The standard InChI is InChI=1S/C25H32N2O7/c1-26(2)12-5-13-27-18-7-4-3-6-15(18)8-9-16-14-17(10-11-19(16)27)33-25-22(30)20(28)21(29)23(34-25)24(31)32/h3-4,6-7,10-11,14,20-23,25,28-30H,5,8-9,12-13H2,1-2H3,(H,31,32)/t20?,21-,22?,23?,25+/m1/s1. The minimum Gasteiger partial charge on any atom is -0.479 e. The van der Waals surface area contributed by atoms with Crippen LogP contribution in [0.2, 0.25) is 0 Å². The van der Waals surface area contributed by atoms with Gasteiger partial charge in [-0.05, 0) is 75.3 Å². The predicted molar refractivity (Wildman–Crippen MR) is 125 cm³/mol. The molecule has 1 fully saturated rings. The van der Waals surface area contributed by atoms with Crippen LogP contribution in [0.4, 0.5) is 11.4 Å². The van der Waals surface area contributed by atoms with E-state index in [1.807, 2.05) is 24.3 Å². The van der Waals surface area contributed by atoms with Gasteiger partial charge >= 0.3 is 5.97 Å². The maximum absolute atomic E-state index is 11.4. The first-order valence-electron chi connectivity index (χ1n) is 11.5. The minimum atomic E-state index is -1.76. The minimum absolute atomic E-state index is 0.384. The Hall–Kier alpha value is -2.69. The van der Waals surface area contributed by atoms with Crippen molar-refractivity contribution in [3.8, 4) is 5.75 Å². The molecular weight excluding hydrogens is 440 g/mol. The fourth-order valence-corrected chi connectivity index (χ4v) is 4.55. The number of para-hydroxylation sites is 1. The fourth-order valence-electron chi connectivity index (χ4n) is 4.55. The summed E-state index contributed by atoms with van der Waals surface area (Å²) < 4.78 is 11.0. The number of carboxylic acids is 1. The summed E-state index contributed by atoms with van der Waals surface area (Å²) in [5.41, 5.74) is 4.57. The van der Waals surface area contributed by atoms with Gasteiger partial charge in [0.2, 0.25) is 6.29 Å². The van der Waals surface area contributed by atoms with Gasteiger partial charge in [0.05, 0.1) is 0 Å². The lowest BCUT2D eigenvalue weighted by atomic mass is 9.99. The molecule has 2 aliphatic heterocycles. The molecule has 0 bridgehead atoms. The number of ether oxygens (including phenoxy) is 2.